The third-order valence-corrected chi connectivity index (χ3v) is 5.64. The average Bonchev–Trinajstić information content (AvgIpc) is 3.72. The van der Waals surface area contributed by atoms with E-state index in [1.165, 1.54) is 0 Å². The molecule has 0 aliphatic heterocycles. The predicted molar refractivity (Wildman–Crippen MR) is 114 cm³/mol. The van der Waals surface area contributed by atoms with Crippen LogP contribution in [0.25, 0.3) is 11.5 Å². The average molecular weight is 416 g/mol. The van der Waals surface area contributed by atoms with Crippen LogP contribution >= 0.6 is 0 Å². The van der Waals surface area contributed by atoms with Gasteiger partial charge in [-0.05, 0) is 74.6 Å². The normalized spacial score (nSPS) is 15.5. The molecule has 5 rings (SSSR count). The summed E-state index contributed by atoms with van der Waals surface area (Å²) in [5, 5.41) is 6.80. The Bertz CT molecular complexity index is 1100. The molecule has 2 aromatic carbocycles. The number of amides is 2. The molecule has 2 amide bonds. The van der Waals surface area contributed by atoms with Gasteiger partial charge in [0, 0.05) is 35.3 Å². The van der Waals surface area contributed by atoms with Gasteiger partial charge in [-0.15, -0.1) is 0 Å². The highest BCUT2D eigenvalue weighted by Crippen LogP contribution is 2.30. The molecule has 0 saturated heterocycles. The summed E-state index contributed by atoms with van der Waals surface area (Å²) in [5.74, 6) is 1.000. The van der Waals surface area contributed by atoms with Crippen molar-refractivity contribution in [1.82, 2.24) is 20.4 Å². The largest absolute Gasteiger partial charge is 0.349 e. The molecule has 158 valence electrons. The number of aromatic nitrogens is 2. The van der Waals surface area contributed by atoms with Crippen molar-refractivity contribution in [2.45, 2.75) is 51.2 Å². The molecule has 1 aromatic heterocycles. The molecule has 0 spiro atoms. The van der Waals surface area contributed by atoms with Gasteiger partial charge in [0.15, 0.2) is 5.82 Å². The highest BCUT2D eigenvalue weighted by molar-refractivity contribution is 5.95. The monoisotopic (exact) mass is 416 g/mol. The van der Waals surface area contributed by atoms with E-state index in [0.29, 0.717) is 35.4 Å². The molecule has 7 nitrogen and oxygen atoms in total. The molecule has 2 saturated carbocycles. The molecule has 1 heterocycles. The second-order valence-corrected chi connectivity index (χ2v) is 8.33. The SMILES string of the molecule is Cc1noc(-c2ccc(C(=O)N(Cc3ccc(C(=O)NC4CC4)cc3)C3CC3)cc2)n1. The number of carbonyl (C=O) groups excluding carboxylic acids is 2. The van der Waals surface area contributed by atoms with E-state index in [1.807, 2.05) is 41.3 Å². The van der Waals surface area contributed by atoms with Crippen LogP contribution in [0.4, 0.5) is 0 Å². The smallest absolute Gasteiger partial charge is 0.257 e. The van der Waals surface area contributed by atoms with E-state index >= 15 is 0 Å². The highest BCUT2D eigenvalue weighted by atomic mass is 16.5. The van der Waals surface area contributed by atoms with E-state index in [-0.39, 0.29) is 17.9 Å². The van der Waals surface area contributed by atoms with Crippen molar-refractivity contribution >= 4 is 11.8 Å². The van der Waals surface area contributed by atoms with Crippen molar-refractivity contribution in [2.75, 3.05) is 0 Å². The van der Waals surface area contributed by atoms with E-state index in [9.17, 15) is 9.59 Å². The van der Waals surface area contributed by atoms with Crippen LogP contribution in [0.5, 0.6) is 0 Å². The highest BCUT2D eigenvalue weighted by Gasteiger charge is 2.33. The van der Waals surface area contributed by atoms with Gasteiger partial charge in [0.05, 0.1) is 0 Å². The number of carbonyl (C=O) groups is 2. The lowest BCUT2D eigenvalue weighted by Gasteiger charge is -2.23. The Hall–Kier alpha value is -3.48. The maximum atomic E-state index is 13.2. The lowest BCUT2D eigenvalue weighted by atomic mass is 10.1. The van der Waals surface area contributed by atoms with Gasteiger partial charge in [0.2, 0.25) is 0 Å². The molecule has 2 fully saturated rings. The van der Waals surface area contributed by atoms with Crippen LogP contribution in [0.1, 0.15) is 57.8 Å². The minimum Gasteiger partial charge on any atom is -0.349 e. The number of hydrogen-bond donors (Lipinski definition) is 1. The first-order chi connectivity index (χ1) is 15.1. The van der Waals surface area contributed by atoms with Crippen LogP contribution in [0.3, 0.4) is 0 Å². The van der Waals surface area contributed by atoms with Gasteiger partial charge in [-0.1, -0.05) is 17.3 Å². The zero-order valence-corrected chi connectivity index (χ0v) is 17.4. The van der Waals surface area contributed by atoms with Crippen molar-refractivity contribution in [2.24, 2.45) is 0 Å². The summed E-state index contributed by atoms with van der Waals surface area (Å²) in [4.78, 5) is 31.5. The van der Waals surface area contributed by atoms with E-state index in [4.69, 9.17) is 4.52 Å². The fourth-order valence-electron chi connectivity index (χ4n) is 3.54. The summed E-state index contributed by atoms with van der Waals surface area (Å²) in [6.07, 6.45) is 4.18. The lowest BCUT2D eigenvalue weighted by Crippen LogP contribution is -2.32. The second kappa shape index (κ2) is 7.98. The van der Waals surface area contributed by atoms with E-state index in [1.54, 1.807) is 19.1 Å². The third kappa shape index (κ3) is 4.50. The first-order valence-electron chi connectivity index (χ1n) is 10.7. The number of benzene rings is 2. The van der Waals surface area contributed by atoms with Crippen molar-refractivity contribution in [3.63, 3.8) is 0 Å². The van der Waals surface area contributed by atoms with Crippen molar-refractivity contribution in [3.8, 4) is 11.5 Å². The Morgan fingerprint density at radius 3 is 2.26 bits per heavy atom. The first-order valence-corrected chi connectivity index (χ1v) is 10.7. The molecule has 3 aromatic rings. The maximum absolute atomic E-state index is 13.2. The van der Waals surface area contributed by atoms with Crippen molar-refractivity contribution in [1.29, 1.82) is 0 Å². The first kappa shape index (κ1) is 19.5. The van der Waals surface area contributed by atoms with E-state index < -0.39 is 0 Å². The quantitative estimate of drug-likeness (QED) is 0.634. The fourth-order valence-corrected chi connectivity index (χ4v) is 3.54. The van der Waals surface area contributed by atoms with Crippen LogP contribution in [0.15, 0.2) is 53.1 Å². The Morgan fingerprint density at radius 1 is 1.00 bits per heavy atom. The number of nitrogens with one attached hydrogen (secondary N) is 1. The number of nitrogens with zero attached hydrogens (tertiary/aromatic N) is 3. The minimum atomic E-state index is -0.0271. The zero-order valence-electron chi connectivity index (χ0n) is 17.4. The van der Waals surface area contributed by atoms with Gasteiger partial charge < -0.3 is 14.7 Å². The van der Waals surface area contributed by atoms with Crippen molar-refractivity contribution < 1.29 is 14.1 Å². The van der Waals surface area contributed by atoms with Gasteiger partial charge in [0.1, 0.15) is 0 Å². The lowest BCUT2D eigenvalue weighted by molar-refractivity contribution is 0.0729. The predicted octanol–water partition coefficient (Wildman–Crippen LogP) is 3.74. The standard InChI is InChI=1S/C24H24N4O3/c1-15-25-23(31-27-15)18-6-8-19(9-7-18)24(30)28(21-12-13-21)14-16-2-4-17(5-3-16)22(29)26-20-10-11-20/h2-9,20-21H,10-14H2,1H3,(H,26,29). The molecular weight excluding hydrogens is 392 g/mol. The summed E-state index contributed by atoms with van der Waals surface area (Å²) >= 11 is 0. The topological polar surface area (TPSA) is 88.3 Å². The van der Waals surface area contributed by atoms with Crippen molar-refractivity contribution in [3.05, 3.63) is 71.0 Å². The summed E-state index contributed by atoms with van der Waals surface area (Å²) in [7, 11) is 0. The third-order valence-electron chi connectivity index (χ3n) is 5.64. The molecule has 2 aliphatic carbocycles. The van der Waals surface area contributed by atoms with E-state index in [2.05, 4.69) is 15.5 Å². The Balaban J connectivity index is 1.28. The van der Waals surface area contributed by atoms with Crippen LogP contribution in [0.2, 0.25) is 0 Å². The van der Waals surface area contributed by atoms with Gasteiger partial charge >= 0.3 is 0 Å². The van der Waals surface area contributed by atoms with Crippen LogP contribution in [-0.2, 0) is 6.54 Å². The van der Waals surface area contributed by atoms with Gasteiger partial charge in [-0.2, -0.15) is 4.98 Å². The minimum absolute atomic E-state index is 0.00585. The van der Waals surface area contributed by atoms with Crippen LogP contribution in [-0.4, -0.2) is 38.9 Å². The molecule has 7 heteroatoms. The van der Waals surface area contributed by atoms with Crippen LogP contribution in [0, 0.1) is 6.92 Å². The van der Waals surface area contributed by atoms with Gasteiger partial charge in [-0.25, -0.2) is 0 Å². The summed E-state index contributed by atoms with van der Waals surface area (Å²) in [6, 6.07) is 15.4. The van der Waals surface area contributed by atoms with E-state index in [0.717, 1.165) is 36.8 Å². The second-order valence-electron chi connectivity index (χ2n) is 8.33. The Kier molecular flexibility index (Phi) is 5.02. The zero-order chi connectivity index (χ0) is 21.4. The number of aryl methyl sites for hydroxylation is 1. The maximum Gasteiger partial charge on any atom is 0.257 e. The molecule has 0 bridgehead atoms. The molecular formula is C24H24N4O3. The number of rotatable bonds is 7. The molecule has 31 heavy (non-hydrogen) atoms. The molecule has 0 radical (unpaired) electrons. The molecule has 1 N–H and O–H groups in total. The summed E-state index contributed by atoms with van der Waals surface area (Å²) < 4.78 is 5.19. The fraction of sp³-hybridized carbons (Fsp3) is 0.333. The molecule has 0 unspecified atom stereocenters. The Labute approximate surface area is 180 Å². The molecule has 2 aliphatic rings. The van der Waals surface area contributed by atoms with Crippen LogP contribution < -0.4 is 5.32 Å². The summed E-state index contributed by atoms with van der Waals surface area (Å²) in [6.45, 7) is 2.29. The van der Waals surface area contributed by atoms with Gasteiger partial charge in [0.25, 0.3) is 17.7 Å². The van der Waals surface area contributed by atoms with Gasteiger partial charge in [-0.3, -0.25) is 9.59 Å². The number of hydrogen-bond acceptors (Lipinski definition) is 5. The summed E-state index contributed by atoms with van der Waals surface area (Å²) in [5.41, 5.74) is 3.09. The molecule has 0 atom stereocenters. The Morgan fingerprint density at radius 2 is 1.68 bits per heavy atom.